The van der Waals surface area contributed by atoms with E-state index in [2.05, 4.69) is 4.98 Å². The third kappa shape index (κ3) is 2.09. The number of hydrogen-bond acceptors (Lipinski definition) is 1. The molecule has 0 aliphatic rings. The van der Waals surface area contributed by atoms with Crippen molar-refractivity contribution in [3.63, 3.8) is 0 Å². The molecule has 0 amide bonds. The van der Waals surface area contributed by atoms with Crippen LogP contribution in [0, 0.1) is 12.7 Å². The van der Waals surface area contributed by atoms with Crippen LogP contribution in [0.25, 0.3) is 16.9 Å². The number of nitrogens with zero attached hydrogens (tertiary/aromatic N) is 2. The lowest BCUT2D eigenvalue weighted by atomic mass is 10.1. The van der Waals surface area contributed by atoms with Crippen LogP contribution in [-0.2, 0) is 0 Å². The fraction of sp³-hybridized carbons (Fsp3) is 0.0714. The minimum atomic E-state index is -0.292. The van der Waals surface area contributed by atoms with Crippen molar-refractivity contribution in [2.45, 2.75) is 6.92 Å². The van der Waals surface area contributed by atoms with E-state index in [1.165, 1.54) is 12.1 Å². The van der Waals surface area contributed by atoms with Crippen LogP contribution in [0.15, 0.2) is 36.5 Å². The number of hydrogen-bond donors (Lipinski definition) is 0. The van der Waals surface area contributed by atoms with Crippen LogP contribution < -0.4 is 0 Å². The fourth-order valence-electron chi connectivity index (χ4n) is 2.17. The topological polar surface area (TPSA) is 17.3 Å². The molecule has 5 heteroatoms. The molecule has 0 bridgehead atoms. The SMILES string of the molecule is Cc1nc2c(Cl)cc(Cl)cn2c1-c1cccc(F)c1. The zero-order chi connectivity index (χ0) is 13.6. The average Bonchev–Trinajstić information content (AvgIpc) is 2.66. The van der Waals surface area contributed by atoms with E-state index in [-0.39, 0.29) is 5.82 Å². The summed E-state index contributed by atoms with van der Waals surface area (Å²) < 4.78 is 15.2. The molecular formula is C14H9Cl2FN2. The number of rotatable bonds is 1. The van der Waals surface area contributed by atoms with Gasteiger partial charge in [0.2, 0.25) is 0 Å². The Labute approximate surface area is 119 Å². The van der Waals surface area contributed by atoms with Crippen LogP contribution in [0.5, 0.6) is 0 Å². The van der Waals surface area contributed by atoms with Gasteiger partial charge >= 0.3 is 0 Å². The van der Waals surface area contributed by atoms with E-state index in [0.717, 1.165) is 17.0 Å². The summed E-state index contributed by atoms with van der Waals surface area (Å²) in [5.74, 6) is -0.292. The Hall–Kier alpha value is -1.58. The van der Waals surface area contributed by atoms with E-state index in [9.17, 15) is 4.39 Å². The van der Waals surface area contributed by atoms with Crippen molar-refractivity contribution in [3.05, 3.63) is 58.1 Å². The molecular weight excluding hydrogens is 286 g/mol. The van der Waals surface area contributed by atoms with Crippen molar-refractivity contribution in [2.75, 3.05) is 0 Å². The van der Waals surface area contributed by atoms with Crippen molar-refractivity contribution >= 4 is 28.8 Å². The molecule has 0 saturated carbocycles. The predicted molar refractivity (Wildman–Crippen MR) is 75.3 cm³/mol. The van der Waals surface area contributed by atoms with Crippen LogP contribution >= 0.6 is 23.2 Å². The van der Waals surface area contributed by atoms with Gasteiger partial charge in [-0.2, -0.15) is 0 Å². The van der Waals surface area contributed by atoms with E-state index in [1.807, 2.05) is 13.0 Å². The van der Waals surface area contributed by atoms with Crippen molar-refractivity contribution < 1.29 is 4.39 Å². The van der Waals surface area contributed by atoms with E-state index in [0.29, 0.717) is 15.7 Å². The summed E-state index contributed by atoms with van der Waals surface area (Å²) in [6, 6.07) is 8.00. The Morgan fingerprint density at radius 1 is 1.21 bits per heavy atom. The third-order valence-electron chi connectivity index (χ3n) is 2.91. The first kappa shape index (κ1) is 12.5. The van der Waals surface area contributed by atoms with Crippen molar-refractivity contribution in [1.82, 2.24) is 9.38 Å². The van der Waals surface area contributed by atoms with Crippen molar-refractivity contribution in [3.8, 4) is 11.3 Å². The first-order valence-corrected chi connectivity index (χ1v) is 6.41. The Morgan fingerprint density at radius 3 is 2.74 bits per heavy atom. The number of halogens is 3. The summed E-state index contributed by atoms with van der Waals surface area (Å²) >= 11 is 12.1. The maximum absolute atomic E-state index is 13.4. The van der Waals surface area contributed by atoms with Crippen LogP contribution in [0.3, 0.4) is 0 Å². The summed E-state index contributed by atoms with van der Waals surface area (Å²) in [6.45, 7) is 1.86. The molecule has 0 radical (unpaired) electrons. The molecule has 0 aliphatic heterocycles. The molecule has 0 spiro atoms. The van der Waals surface area contributed by atoms with Gasteiger partial charge in [-0.1, -0.05) is 35.3 Å². The second-order valence-electron chi connectivity index (χ2n) is 4.26. The molecule has 0 fully saturated rings. The standard InChI is InChI=1S/C14H9Cl2FN2/c1-8-13(9-3-2-4-11(17)5-9)19-7-10(15)6-12(16)14(19)18-8/h2-7H,1H3. The predicted octanol–water partition coefficient (Wildman–Crippen LogP) is 4.76. The molecule has 3 rings (SSSR count). The Morgan fingerprint density at radius 2 is 2.00 bits per heavy atom. The average molecular weight is 295 g/mol. The first-order valence-electron chi connectivity index (χ1n) is 5.66. The second kappa shape index (κ2) is 4.51. The van der Waals surface area contributed by atoms with Gasteiger partial charge in [-0.15, -0.1) is 0 Å². The van der Waals surface area contributed by atoms with Crippen LogP contribution in [-0.4, -0.2) is 9.38 Å². The molecule has 2 heterocycles. The Bertz CT molecular complexity index is 780. The maximum atomic E-state index is 13.4. The number of fused-ring (bicyclic) bond motifs is 1. The Balaban J connectivity index is 2.38. The summed E-state index contributed by atoms with van der Waals surface area (Å²) in [4.78, 5) is 4.41. The lowest BCUT2D eigenvalue weighted by Gasteiger charge is -2.05. The molecule has 19 heavy (non-hydrogen) atoms. The van der Waals surface area contributed by atoms with Gasteiger partial charge in [0.15, 0.2) is 5.65 Å². The summed E-state index contributed by atoms with van der Waals surface area (Å²) in [5.41, 5.74) is 2.92. The highest BCUT2D eigenvalue weighted by molar-refractivity contribution is 6.36. The fourth-order valence-corrected chi connectivity index (χ4v) is 2.68. The van der Waals surface area contributed by atoms with E-state index in [1.54, 1.807) is 22.7 Å². The normalized spacial score (nSPS) is 11.2. The number of aromatic nitrogens is 2. The van der Waals surface area contributed by atoms with Crippen LogP contribution in [0.4, 0.5) is 4.39 Å². The van der Waals surface area contributed by atoms with Crippen LogP contribution in [0.1, 0.15) is 5.69 Å². The molecule has 0 unspecified atom stereocenters. The largest absolute Gasteiger partial charge is 0.297 e. The Kier molecular flexibility index (Phi) is 2.96. The highest BCUT2D eigenvalue weighted by Gasteiger charge is 2.14. The zero-order valence-corrected chi connectivity index (χ0v) is 11.5. The summed E-state index contributed by atoms with van der Waals surface area (Å²) in [6.07, 6.45) is 1.73. The molecule has 0 saturated heterocycles. The van der Waals surface area contributed by atoms with Crippen LogP contribution in [0.2, 0.25) is 10.0 Å². The zero-order valence-electron chi connectivity index (χ0n) is 9.99. The van der Waals surface area contributed by atoms with E-state index < -0.39 is 0 Å². The van der Waals surface area contributed by atoms with E-state index in [4.69, 9.17) is 23.2 Å². The molecule has 3 aromatic rings. The van der Waals surface area contributed by atoms with Gasteiger partial charge in [-0.3, -0.25) is 4.40 Å². The van der Waals surface area contributed by atoms with Gasteiger partial charge in [0, 0.05) is 11.8 Å². The van der Waals surface area contributed by atoms with Gasteiger partial charge in [0.1, 0.15) is 5.82 Å². The highest BCUT2D eigenvalue weighted by atomic mass is 35.5. The van der Waals surface area contributed by atoms with Crippen molar-refractivity contribution in [1.29, 1.82) is 0 Å². The van der Waals surface area contributed by atoms with Gasteiger partial charge in [0.05, 0.1) is 21.4 Å². The molecule has 2 nitrogen and oxygen atoms in total. The number of aryl methyl sites for hydroxylation is 1. The molecule has 96 valence electrons. The van der Waals surface area contributed by atoms with E-state index >= 15 is 0 Å². The molecule has 0 N–H and O–H groups in total. The number of benzene rings is 1. The molecule has 0 atom stereocenters. The van der Waals surface area contributed by atoms with Gasteiger partial charge < -0.3 is 0 Å². The minimum Gasteiger partial charge on any atom is -0.297 e. The second-order valence-corrected chi connectivity index (χ2v) is 5.10. The molecule has 0 aliphatic carbocycles. The van der Waals surface area contributed by atoms with Gasteiger partial charge in [-0.25, -0.2) is 9.37 Å². The minimum absolute atomic E-state index is 0.292. The number of imidazole rings is 1. The van der Waals surface area contributed by atoms with Crippen molar-refractivity contribution in [2.24, 2.45) is 0 Å². The third-order valence-corrected chi connectivity index (χ3v) is 3.40. The molecule has 1 aromatic carbocycles. The quantitative estimate of drug-likeness (QED) is 0.633. The summed E-state index contributed by atoms with van der Waals surface area (Å²) in [5, 5.41) is 0.978. The highest BCUT2D eigenvalue weighted by Crippen LogP contribution is 2.30. The monoisotopic (exact) mass is 294 g/mol. The number of pyridine rings is 1. The lowest BCUT2D eigenvalue weighted by molar-refractivity contribution is 0.628. The van der Waals surface area contributed by atoms with Gasteiger partial charge in [-0.05, 0) is 25.1 Å². The molecule has 2 aromatic heterocycles. The lowest BCUT2D eigenvalue weighted by Crippen LogP contribution is -1.90. The smallest absolute Gasteiger partial charge is 0.156 e. The maximum Gasteiger partial charge on any atom is 0.156 e. The summed E-state index contributed by atoms with van der Waals surface area (Å²) in [7, 11) is 0. The van der Waals surface area contributed by atoms with Gasteiger partial charge in [0.25, 0.3) is 0 Å². The first-order chi connectivity index (χ1) is 9.06.